The zero-order chi connectivity index (χ0) is 19.5. The van der Waals surface area contributed by atoms with Gasteiger partial charge in [0, 0.05) is 12.1 Å². The molecule has 1 fully saturated rings. The molecule has 3 aromatic rings. The van der Waals surface area contributed by atoms with Gasteiger partial charge in [0.1, 0.15) is 5.75 Å². The van der Waals surface area contributed by atoms with E-state index in [-0.39, 0.29) is 5.91 Å². The smallest absolute Gasteiger partial charge is 0.257 e. The number of hydrogen-bond acceptors (Lipinski definition) is 5. The summed E-state index contributed by atoms with van der Waals surface area (Å²) in [4.78, 5) is 19.6. The summed E-state index contributed by atoms with van der Waals surface area (Å²) < 4.78 is 6.29. The number of amides is 1. The largest absolute Gasteiger partial charge is 0.497 e. The number of fused-ring (bicyclic) bond motifs is 1. The van der Waals surface area contributed by atoms with Crippen LogP contribution in [0.15, 0.2) is 42.5 Å². The third-order valence-electron chi connectivity index (χ3n) is 5.29. The maximum absolute atomic E-state index is 12.5. The lowest BCUT2D eigenvalue weighted by Gasteiger charge is -2.30. The Hall–Kier alpha value is -2.44. The normalized spacial score (nSPS) is 15.6. The molecule has 1 saturated heterocycles. The molecule has 28 heavy (non-hydrogen) atoms. The van der Waals surface area contributed by atoms with Crippen molar-refractivity contribution in [2.45, 2.75) is 26.3 Å². The van der Waals surface area contributed by atoms with Crippen LogP contribution in [-0.4, -0.2) is 36.0 Å². The summed E-state index contributed by atoms with van der Waals surface area (Å²) in [7, 11) is 1.59. The highest BCUT2D eigenvalue weighted by molar-refractivity contribution is 7.22. The van der Waals surface area contributed by atoms with Gasteiger partial charge in [0.15, 0.2) is 5.13 Å². The maximum Gasteiger partial charge on any atom is 0.257 e. The van der Waals surface area contributed by atoms with Crippen LogP contribution >= 0.6 is 11.3 Å². The van der Waals surface area contributed by atoms with Gasteiger partial charge in [-0.3, -0.25) is 15.0 Å². The average Bonchev–Trinajstić information content (AvgIpc) is 3.11. The standard InChI is InChI=1S/C22H25N3O2S/c1-15-8-10-25(11-9-15)14-16-6-7-19-20(12-16)28-22(23-19)24-21(26)17-4-3-5-18(13-17)27-2/h3-7,12-13,15H,8-11,14H2,1-2H3,(H,23,24,26). The van der Waals surface area contributed by atoms with Crippen LogP contribution in [0.1, 0.15) is 35.7 Å². The second-order valence-electron chi connectivity index (χ2n) is 7.47. The number of aromatic nitrogens is 1. The molecule has 1 amide bonds. The van der Waals surface area contributed by atoms with Gasteiger partial charge in [0.05, 0.1) is 17.3 Å². The minimum absolute atomic E-state index is 0.180. The SMILES string of the molecule is COc1cccc(C(=O)Nc2nc3ccc(CN4CCC(C)CC4)cc3s2)c1. The summed E-state index contributed by atoms with van der Waals surface area (Å²) in [6.45, 7) is 5.65. The molecule has 0 aliphatic carbocycles. The molecular formula is C22H25N3O2S. The number of carbonyl (C=O) groups excluding carboxylic acids is 1. The highest BCUT2D eigenvalue weighted by Crippen LogP contribution is 2.28. The monoisotopic (exact) mass is 395 g/mol. The average molecular weight is 396 g/mol. The molecule has 0 saturated carbocycles. The first kappa shape index (κ1) is 18.9. The van der Waals surface area contributed by atoms with Crippen LogP contribution in [0.5, 0.6) is 5.75 Å². The fraction of sp³-hybridized carbons (Fsp3) is 0.364. The Labute approximate surface area is 169 Å². The van der Waals surface area contributed by atoms with E-state index < -0.39 is 0 Å². The van der Waals surface area contributed by atoms with E-state index in [1.54, 1.807) is 25.3 Å². The lowest BCUT2D eigenvalue weighted by molar-refractivity contribution is 0.102. The van der Waals surface area contributed by atoms with Crippen molar-refractivity contribution in [2.24, 2.45) is 5.92 Å². The minimum atomic E-state index is -0.180. The minimum Gasteiger partial charge on any atom is -0.497 e. The number of anilines is 1. The van der Waals surface area contributed by atoms with Crippen LogP contribution < -0.4 is 10.1 Å². The molecular weight excluding hydrogens is 370 g/mol. The number of thiazole rings is 1. The summed E-state index contributed by atoms with van der Waals surface area (Å²) in [5.74, 6) is 1.32. The molecule has 5 nitrogen and oxygen atoms in total. The van der Waals surface area contributed by atoms with E-state index >= 15 is 0 Å². The van der Waals surface area contributed by atoms with Gasteiger partial charge < -0.3 is 4.74 Å². The van der Waals surface area contributed by atoms with Crippen LogP contribution in [0.3, 0.4) is 0 Å². The van der Waals surface area contributed by atoms with Crippen molar-refractivity contribution < 1.29 is 9.53 Å². The molecule has 0 bridgehead atoms. The molecule has 1 aliphatic rings. The first-order valence-corrected chi connectivity index (χ1v) is 10.5. The zero-order valence-corrected chi connectivity index (χ0v) is 17.1. The highest BCUT2D eigenvalue weighted by Gasteiger charge is 2.16. The predicted octanol–water partition coefficient (Wildman–Crippen LogP) is 4.79. The predicted molar refractivity (Wildman–Crippen MR) is 114 cm³/mol. The number of nitrogens with zero attached hydrogens (tertiary/aromatic N) is 2. The molecule has 2 aromatic carbocycles. The Kier molecular flexibility index (Phi) is 5.59. The van der Waals surface area contributed by atoms with E-state index in [1.807, 2.05) is 6.07 Å². The molecule has 0 unspecified atom stereocenters. The molecule has 6 heteroatoms. The van der Waals surface area contributed by atoms with E-state index in [4.69, 9.17) is 4.74 Å². The van der Waals surface area contributed by atoms with E-state index in [1.165, 1.54) is 42.8 Å². The highest BCUT2D eigenvalue weighted by atomic mass is 32.1. The number of ether oxygens (including phenoxy) is 1. The quantitative estimate of drug-likeness (QED) is 0.675. The number of carbonyl (C=O) groups is 1. The maximum atomic E-state index is 12.5. The van der Waals surface area contributed by atoms with Gasteiger partial charge in [-0.05, 0) is 67.7 Å². The van der Waals surface area contributed by atoms with Crippen LogP contribution in [0.4, 0.5) is 5.13 Å². The van der Waals surface area contributed by atoms with Crippen molar-refractivity contribution in [1.29, 1.82) is 0 Å². The number of nitrogens with one attached hydrogen (secondary N) is 1. The van der Waals surface area contributed by atoms with Gasteiger partial charge in [-0.1, -0.05) is 30.4 Å². The second kappa shape index (κ2) is 8.29. The Bertz CT molecular complexity index is 977. The van der Waals surface area contributed by atoms with Crippen molar-refractivity contribution in [3.63, 3.8) is 0 Å². The van der Waals surface area contributed by atoms with Crippen molar-refractivity contribution in [3.8, 4) is 5.75 Å². The third-order valence-corrected chi connectivity index (χ3v) is 6.22. The molecule has 0 spiro atoms. The number of hydrogen-bond donors (Lipinski definition) is 1. The zero-order valence-electron chi connectivity index (χ0n) is 16.3. The van der Waals surface area contributed by atoms with Crippen LogP contribution in [0.2, 0.25) is 0 Å². The number of methoxy groups -OCH3 is 1. The topological polar surface area (TPSA) is 54.5 Å². The Balaban J connectivity index is 1.46. The first-order valence-electron chi connectivity index (χ1n) is 9.68. The summed E-state index contributed by atoms with van der Waals surface area (Å²) in [6, 6.07) is 13.5. The molecule has 4 rings (SSSR count). The molecule has 1 N–H and O–H groups in total. The summed E-state index contributed by atoms with van der Waals surface area (Å²) in [6.07, 6.45) is 2.56. The summed E-state index contributed by atoms with van der Waals surface area (Å²) in [5, 5.41) is 3.52. The van der Waals surface area contributed by atoms with Gasteiger partial charge >= 0.3 is 0 Å². The van der Waals surface area contributed by atoms with Gasteiger partial charge in [-0.15, -0.1) is 0 Å². The van der Waals surface area contributed by atoms with Gasteiger partial charge in [-0.25, -0.2) is 4.98 Å². The summed E-state index contributed by atoms with van der Waals surface area (Å²) in [5.41, 5.74) is 2.77. The Morgan fingerprint density at radius 1 is 1.25 bits per heavy atom. The van der Waals surface area contributed by atoms with Gasteiger partial charge in [-0.2, -0.15) is 0 Å². The van der Waals surface area contributed by atoms with Crippen molar-refractivity contribution >= 4 is 32.6 Å². The fourth-order valence-corrected chi connectivity index (χ4v) is 4.46. The van der Waals surface area contributed by atoms with Gasteiger partial charge in [0.2, 0.25) is 0 Å². The number of rotatable bonds is 5. The molecule has 1 aliphatic heterocycles. The number of piperidine rings is 1. The van der Waals surface area contributed by atoms with Gasteiger partial charge in [0.25, 0.3) is 5.91 Å². The van der Waals surface area contributed by atoms with E-state index in [0.717, 1.165) is 22.7 Å². The number of likely N-dealkylation sites (tertiary alicyclic amines) is 1. The fourth-order valence-electron chi connectivity index (χ4n) is 3.53. The van der Waals surface area contributed by atoms with Crippen LogP contribution in [-0.2, 0) is 6.54 Å². The lowest BCUT2D eigenvalue weighted by Crippen LogP contribution is -2.32. The van der Waals surface area contributed by atoms with Crippen molar-refractivity contribution in [3.05, 3.63) is 53.6 Å². The van der Waals surface area contributed by atoms with Crippen molar-refractivity contribution in [2.75, 3.05) is 25.5 Å². The number of benzene rings is 2. The molecule has 1 aromatic heterocycles. The Morgan fingerprint density at radius 2 is 2.07 bits per heavy atom. The van der Waals surface area contributed by atoms with Crippen LogP contribution in [0, 0.1) is 5.92 Å². The van der Waals surface area contributed by atoms with Crippen LogP contribution in [0.25, 0.3) is 10.2 Å². The first-order chi connectivity index (χ1) is 13.6. The molecule has 0 radical (unpaired) electrons. The van der Waals surface area contributed by atoms with E-state index in [0.29, 0.717) is 16.4 Å². The molecule has 0 atom stereocenters. The lowest BCUT2D eigenvalue weighted by atomic mass is 9.99. The van der Waals surface area contributed by atoms with E-state index in [9.17, 15) is 4.79 Å². The molecule has 146 valence electrons. The third kappa shape index (κ3) is 4.34. The second-order valence-corrected chi connectivity index (χ2v) is 8.50. The van der Waals surface area contributed by atoms with Crippen molar-refractivity contribution in [1.82, 2.24) is 9.88 Å². The molecule has 2 heterocycles. The Morgan fingerprint density at radius 3 is 2.86 bits per heavy atom. The summed E-state index contributed by atoms with van der Waals surface area (Å²) >= 11 is 1.51. The van der Waals surface area contributed by atoms with E-state index in [2.05, 4.69) is 40.3 Å².